The first-order valence-electron chi connectivity index (χ1n) is 8.63. The highest BCUT2D eigenvalue weighted by Crippen LogP contribution is 2.22. The molecule has 0 unspecified atom stereocenters. The van der Waals surface area contributed by atoms with E-state index in [2.05, 4.69) is 25.0 Å². The summed E-state index contributed by atoms with van der Waals surface area (Å²) < 4.78 is 10.3. The van der Waals surface area contributed by atoms with Crippen LogP contribution in [0.2, 0.25) is 0 Å². The van der Waals surface area contributed by atoms with Crippen LogP contribution in [-0.4, -0.2) is 29.0 Å². The third-order valence-electron chi connectivity index (χ3n) is 3.67. The maximum absolute atomic E-state index is 11.7. The van der Waals surface area contributed by atoms with Crippen molar-refractivity contribution in [2.45, 2.75) is 6.42 Å². The smallest absolute Gasteiger partial charge is 0.311 e. The number of rotatable bonds is 6. The number of esters is 1. The van der Waals surface area contributed by atoms with E-state index in [-0.39, 0.29) is 24.0 Å². The van der Waals surface area contributed by atoms with Gasteiger partial charge in [-0.25, -0.2) is 4.98 Å². The topological polar surface area (TPSA) is 132 Å². The summed E-state index contributed by atoms with van der Waals surface area (Å²) in [7, 11) is 1.26. The molecule has 148 valence electrons. The molecule has 0 aliphatic heterocycles. The average Bonchev–Trinajstić information content (AvgIpc) is 2.69. The second-order valence-electron chi connectivity index (χ2n) is 5.87. The highest BCUT2D eigenvalue weighted by atomic mass is 16.5. The van der Waals surface area contributed by atoms with Crippen LogP contribution in [0.15, 0.2) is 70.5 Å². The van der Waals surface area contributed by atoms with Crippen molar-refractivity contribution in [1.82, 2.24) is 9.97 Å². The SMILES string of the molecule is COC(=O)Cc1cc(=O)[nH]c(/N=C(/N)Nc2ccc(Oc3ccccc3)cc2)n1. The van der Waals surface area contributed by atoms with Crippen LogP contribution in [0.4, 0.5) is 11.6 Å². The predicted octanol–water partition coefficient (Wildman–Crippen LogP) is 2.34. The van der Waals surface area contributed by atoms with Crippen LogP contribution < -0.4 is 21.3 Å². The molecule has 0 amide bonds. The Balaban J connectivity index is 1.68. The lowest BCUT2D eigenvalue weighted by molar-refractivity contribution is -0.139. The van der Waals surface area contributed by atoms with Crippen molar-refractivity contribution in [3.63, 3.8) is 0 Å². The number of ether oxygens (including phenoxy) is 2. The molecule has 3 aromatic rings. The Morgan fingerprint density at radius 2 is 1.83 bits per heavy atom. The van der Waals surface area contributed by atoms with Gasteiger partial charge in [-0.1, -0.05) is 18.2 Å². The lowest BCUT2D eigenvalue weighted by Crippen LogP contribution is -2.22. The third kappa shape index (κ3) is 5.93. The van der Waals surface area contributed by atoms with Gasteiger partial charge in [0.15, 0.2) is 0 Å². The summed E-state index contributed by atoms with van der Waals surface area (Å²) in [5.74, 6) is 0.877. The molecule has 4 N–H and O–H groups in total. The highest BCUT2D eigenvalue weighted by molar-refractivity contribution is 5.93. The molecule has 0 saturated carbocycles. The number of aromatic amines is 1. The molecule has 1 aromatic heterocycles. The number of guanidine groups is 1. The molecule has 0 aliphatic rings. The predicted molar refractivity (Wildman–Crippen MR) is 108 cm³/mol. The zero-order valence-electron chi connectivity index (χ0n) is 15.6. The number of para-hydroxylation sites is 1. The molecule has 9 heteroatoms. The summed E-state index contributed by atoms with van der Waals surface area (Å²) in [4.78, 5) is 33.6. The first-order valence-corrected chi connectivity index (χ1v) is 8.63. The van der Waals surface area contributed by atoms with E-state index >= 15 is 0 Å². The molecule has 2 aromatic carbocycles. The second-order valence-corrected chi connectivity index (χ2v) is 5.87. The van der Waals surface area contributed by atoms with E-state index in [4.69, 9.17) is 10.5 Å². The van der Waals surface area contributed by atoms with Gasteiger partial charge < -0.3 is 20.5 Å². The van der Waals surface area contributed by atoms with Gasteiger partial charge in [0.05, 0.1) is 19.2 Å². The molecule has 0 fully saturated rings. The Morgan fingerprint density at radius 3 is 2.52 bits per heavy atom. The number of anilines is 1. The molecular formula is C20H19N5O4. The van der Waals surface area contributed by atoms with Crippen LogP contribution in [0.3, 0.4) is 0 Å². The minimum Gasteiger partial charge on any atom is -0.469 e. The maximum Gasteiger partial charge on any atom is 0.311 e. The number of benzene rings is 2. The fourth-order valence-corrected chi connectivity index (χ4v) is 2.38. The Labute approximate surface area is 166 Å². The number of nitrogens with zero attached hydrogens (tertiary/aromatic N) is 2. The van der Waals surface area contributed by atoms with Gasteiger partial charge in [0.1, 0.15) is 11.5 Å². The van der Waals surface area contributed by atoms with Gasteiger partial charge in [-0.2, -0.15) is 4.99 Å². The Kier molecular flexibility index (Phi) is 6.21. The van der Waals surface area contributed by atoms with E-state index in [1.54, 1.807) is 24.3 Å². The Hall–Kier alpha value is -4.14. The summed E-state index contributed by atoms with van der Waals surface area (Å²) in [5, 5.41) is 2.89. The molecular weight excluding hydrogens is 374 g/mol. The van der Waals surface area contributed by atoms with Crippen LogP contribution in [0.5, 0.6) is 11.5 Å². The molecule has 0 radical (unpaired) electrons. The third-order valence-corrected chi connectivity index (χ3v) is 3.67. The molecule has 0 bridgehead atoms. The number of nitrogens with one attached hydrogen (secondary N) is 2. The largest absolute Gasteiger partial charge is 0.469 e. The fourth-order valence-electron chi connectivity index (χ4n) is 2.38. The summed E-state index contributed by atoms with van der Waals surface area (Å²) in [6.45, 7) is 0. The quantitative estimate of drug-likeness (QED) is 0.333. The number of aliphatic imine (C=N–C) groups is 1. The van der Waals surface area contributed by atoms with Gasteiger partial charge in [-0.3, -0.25) is 14.6 Å². The van der Waals surface area contributed by atoms with Crippen molar-refractivity contribution in [2.24, 2.45) is 10.7 Å². The zero-order chi connectivity index (χ0) is 20.6. The monoisotopic (exact) mass is 393 g/mol. The Morgan fingerprint density at radius 1 is 1.14 bits per heavy atom. The minimum absolute atomic E-state index is 0.0140. The number of hydrogen-bond donors (Lipinski definition) is 3. The second kappa shape index (κ2) is 9.18. The summed E-state index contributed by atoms with van der Waals surface area (Å²) in [5.41, 5.74) is 6.33. The van der Waals surface area contributed by atoms with E-state index in [9.17, 15) is 9.59 Å². The average molecular weight is 393 g/mol. The van der Waals surface area contributed by atoms with Crippen molar-refractivity contribution < 1.29 is 14.3 Å². The zero-order valence-corrected chi connectivity index (χ0v) is 15.6. The lowest BCUT2D eigenvalue weighted by Gasteiger charge is -2.08. The number of carbonyl (C=O) groups excluding carboxylic acids is 1. The van der Waals surface area contributed by atoms with Gasteiger partial charge in [0, 0.05) is 11.8 Å². The van der Waals surface area contributed by atoms with E-state index in [1.807, 2.05) is 30.3 Å². The van der Waals surface area contributed by atoms with E-state index in [1.165, 1.54) is 13.2 Å². The first kappa shape index (κ1) is 19.6. The van der Waals surface area contributed by atoms with Gasteiger partial charge in [-0.05, 0) is 36.4 Å². The lowest BCUT2D eigenvalue weighted by atomic mass is 10.3. The van der Waals surface area contributed by atoms with E-state index < -0.39 is 11.5 Å². The van der Waals surface area contributed by atoms with Crippen LogP contribution in [-0.2, 0) is 16.0 Å². The number of hydrogen-bond acceptors (Lipinski definition) is 6. The summed E-state index contributed by atoms with van der Waals surface area (Å²) in [6.07, 6.45) is -0.140. The molecule has 29 heavy (non-hydrogen) atoms. The van der Waals surface area contributed by atoms with Crippen molar-refractivity contribution in [3.05, 3.63) is 76.7 Å². The van der Waals surface area contributed by atoms with E-state index in [0.29, 0.717) is 11.4 Å². The van der Waals surface area contributed by atoms with Gasteiger partial charge in [0.25, 0.3) is 5.56 Å². The van der Waals surface area contributed by atoms with Crippen LogP contribution in [0.25, 0.3) is 0 Å². The van der Waals surface area contributed by atoms with Crippen molar-refractivity contribution in [3.8, 4) is 11.5 Å². The van der Waals surface area contributed by atoms with Crippen LogP contribution in [0.1, 0.15) is 5.69 Å². The number of nitrogens with two attached hydrogens (primary N) is 1. The van der Waals surface area contributed by atoms with E-state index in [0.717, 1.165) is 5.75 Å². The van der Waals surface area contributed by atoms with Gasteiger partial charge in [-0.15, -0.1) is 0 Å². The normalized spacial score (nSPS) is 11.0. The maximum atomic E-state index is 11.7. The first-order chi connectivity index (χ1) is 14.0. The molecule has 0 saturated heterocycles. The number of carbonyl (C=O) groups is 1. The van der Waals surface area contributed by atoms with Crippen molar-refractivity contribution >= 4 is 23.6 Å². The number of methoxy groups -OCH3 is 1. The summed E-state index contributed by atoms with van der Waals surface area (Å²) >= 11 is 0. The molecule has 1 heterocycles. The summed E-state index contributed by atoms with van der Waals surface area (Å²) in [6, 6.07) is 17.7. The molecule has 0 atom stereocenters. The van der Waals surface area contributed by atoms with Crippen LogP contribution >= 0.6 is 0 Å². The van der Waals surface area contributed by atoms with Crippen LogP contribution in [0, 0.1) is 0 Å². The molecule has 3 rings (SSSR count). The van der Waals surface area contributed by atoms with Gasteiger partial charge >= 0.3 is 5.97 Å². The van der Waals surface area contributed by atoms with Crippen molar-refractivity contribution in [2.75, 3.05) is 12.4 Å². The van der Waals surface area contributed by atoms with Gasteiger partial charge in [0.2, 0.25) is 11.9 Å². The molecule has 0 spiro atoms. The fraction of sp³-hybridized carbons (Fsp3) is 0.100. The van der Waals surface area contributed by atoms with Crippen molar-refractivity contribution in [1.29, 1.82) is 0 Å². The minimum atomic E-state index is -0.512. The highest BCUT2D eigenvalue weighted by Gasteiger charge is 2.07. The molecule has 9 nitrogen and oxygen atoms in total. The Bertz CT molecular complexity index is 1060. The number of H-pyrrole nitrogens is 1. The molecule has 0 aliphatic carbocycles. The standard InChI is InChI=1S/C20H19N5O4/c1-28-18(27)12-14-11-17(26)24-20(23-14)25-19(21)22-13-7-9-16(10-8-13)29-15-5-3-2-4-6-15/h2-11H,12H2,1H3,(H4,21,22,23,24,25,26). The number of aromatic nitrogens is 2.